The topological polar surface area (TPSA) is 26.8 Å². The maximum absolute atomic E-state index is 12.2. The number of hydrogen-bond donors (Lipinski definition) is 0. The van der Waals surface area contributed by atoms with Gasteiger partial charge in [-0.05, 0) is 19.0 Å². The van der Waals surface area contributed by atoms with Gasteiger partial charge >= 0.3 is 0 Å². The molecule has 114 valence electrons. The molecule has 0 N–H and O–H groups in total. The number of amides is 1. The number of carbonyl (C=O) groups excluding carboxylic acids is 1. The normalized spacial score (nSPS) is 24.7. The number of rotatable bonds is 4. The Labute approximate surface area is 127 Å². The Kier molecular flexibility index (Phi) is 4.56. The summed E-state index contributed by atoms with van der Waals surface area (Å²) >= 11 is 0. The van der Waals surface area contributed by atoms with Crippen molar-refractivity contribution in [3.05, 3.63) is 35.9 Å². The fourth-order valence-electron chi connectivity index (χ4n) is 3.31. The van der Waals surface area contributed by atoms with Gasteiger partial charge in [-0.25, -0.2) is 0 Å². The van der Waals surface area contributed by atoms with Crippen LogP contribution in [0.4, 0.5) is 0 Å². The monoisotopic (exact) mass is 287 g/mol. The van der Waals surface area contributed by atoms with Crippen molar-refractivity contribution in [3.8, 4) is 0 Å². The van der Waals surface area contributed by atoms with Crippen LogP contribution in [0.25, 0.3) is 0 Å². The van der Waals surface area contributed by atoms with Crippen LogP contribution in [0.15, 0.2) is 30.3 Å². The second-order valence-electron chi connectivity index (χ2n) is 6.30. The molecule has 0 spiro atoms. The van der Waals surface area contributed by atoms with Gasteiger partial charge in [0.2, 0.25) is 5.91 Å². The van der Waals surface area contributed by atoms with Crippen LogP contribution in [0.1, 0.15) is 18.4 Å². The zero-order valence-electron chi connectivity index (χ0n) is 12.9. The maximum atomic E-state index is 12.2. The fraction of sp³-hybridized carbons (Fsp3) is 0.588. The van der Waals surface area contributed by atoms with Crippen LogP contribution in [-0.4, -0.2) is 66.4 Å². The molecule has 0 bridgehead atoms. The quantitative estimate of drug-likeness (QED) is 0.838. The second kappa shape index (κ2) is 6.58. The van der Waals surface area contributed by atoms with E-state index in [2.05, 4.69) is 33.9 Å². The maximum Gasteiger partial charge on any atom is 0.223 e. The Balaban J connectivity index is 1.60. The van der Waals surface area contributed by atoms with Crippen LogP contribution >= 0.6 is 0 Å². The predicted octanol–water partition coefficient (Wildman–Crippen LogP) is 1.42. The molecule has 1 unspecified atom stereocenters. The van der Waals surface area contributed by atoms with Gasteiger partial charge in [-0.2, -0.15) is 0 Å². The van der Waals surface area contributed by atoms with Crippen molar-refractivity contribution in [1.82, 2.24) is 14.7 Å². The van der Waals surface area contributed by atoms with Crippen molar-refractivity contribution < 1.29 is 4.79 Å². The molecule has 2 heterocycles. The van der Waals surface area contributed by atoms with Gasteiger partial charge in [-0.1, -0.05) is 30.3 Å². The molecular formula is C17H25N3O. The van der Waals surface area contributed by atoms with Crippen LogP contribution in [0.2, 0.25) is 0 Å². The molecule has 2 aliphatic rings. The summed E-state index contributed by atoms with van der Waals surface area (Å²) in [7, 11) is 2.18. The van der Waals surface area contributed by atoms with Crippen LogP contribution < -0.4 is 0 Å². The van der Waals surface area contributed by atoms with Crippen molar-refractivity contribution in [1.29, 1.82) is 0 Å². The number of benzene rings is 1. The molecule has 1 aromatic carbocycles. The van der Waals surface area contributed by atoms with Gasteiger partial charge in [0.25, 0.3) is 0 Å². The summed E-state index contributed by atoms with van der Waals surface area (Å²) < 4.78 is 0. The Morgan fingerprint density at radius 2 is 1.81 bits per heavy atom. The predicted molar refractivity (Wildman–Crippen MR) is 84.0 cm³/mol. The first-order valence-corrected chi connectivity index (χ1v) is 7.96. The first-order chi connectivity index (χ1) is 10.2. The lowest BCUT2D eigenvalue weighted by Crippen LogP contribution is -2.49. The third-order valence-electron chi connectivity index (χ3n) is 4.71. The average Bonchev–Trinajstić information content (AvgIpc) is 2.84. The number of likely N-dealkylation sites (N-methyl/N-ethyl adjacent to an activating group) is 1. The highest BCUT2D eigenvalue weighted by atomic mass is 16.2. The van der Waals surface area contributed by atoms with Gasteiger partial charge in [0, 0.05) is 51.7 Å². The molecule has 21 heavy (non-hydrogen) atoms. The molecular weight excluding hydrogens is 262 g/mol. The van der Waals surface area contributed by atoms with E-state index in [4.69, 9.17) is 0 Å². The molecule has 0 aromatic heterocycles. The minimum Gasteiger partial charge on any atom is -0.334 e. The summed E-state index contributed by atoms with van der Waals surface area (Å²) in [6.45, 7) is 6.32. The largest absolute Gasteiger partial charge is 0.334 e. The molecule has 1 amide bonds. The summed E-state index contributed by atoms with van der Waals surface area (Å²) in [5.74, 6) is 0.318. The Morgan fingerprint density at radius 1 is 1.10 bits per heavy atom. The second-order valence-corrected chi connectivity index (χ2v) is 6.30. The zero-order chi connectivity index (χ0) is 14.7. The van der Waals surface area contributed by atoms with Gasteiger partial charge in [0.1, 0.15) is 0 Å². The smallest absolute Gasteiger partial charge is 0.223 e. The molecule has 0 aliphatic carbocycles. The van der Waals surface area contributed by atoms with Gasteiger partial charge in [-0.15, -0.1) is 0 Å². The molecule has 1 aromatic rings. The van der Waals surface area contributed by atoms with E-state index in [0.29, 0.717) is 18.4 Å². The highest BCUT2D eigenvalue weighted by Crippen LogP contribution is 2.22. The molecule has 4 nitrogen and oxygen atoms in total. The molecule has 4 heteroatoms. The van der Waals surface area contributed by atoms with Gasteiger partial charge in [-0.3, -0.25) is 9.69 Å². The van der Waals surface area contributed by atoms with E-state index in [1.165, 1.54) is 5.56 Å². The Hall–Kier alpha value is -1.39. The first kappa shape index (κ1) is 14.5. The molecule has 2 aliphatic heterocycles. The number of nitrogens with zero attached hydrogens (tertiary/aromatic N) is 3. The van der Waals surface area contributed by atoms with E-state index < -0.39 is 0 Å². The highest BCUT2D eigenvalue weighted by Gasteiger charge is 2.32. The number of likely N-dealkylation sites (tertiary alicyclic amines) is 1. The van der Waals surface area contributed by atoms with E-state index in [9.17, 15) is 4.79 Å². The molecule has 3 rings (SSSR count). The lowest BCUT2D eigenvalue weighted by Gasteiger charge is -2.36. The Morgan fingerprint density at radius 3 is 2.52 bits per heavy atom. The van der Waals surface area contributed by atoms with Crippen LogP contribution in [-0.2, 0) is 11.3 Å². The third-order valence-corrected chi connectivity index (χ3v) is 4.71. The zero-order valence-corrected chi connectivity index (χ0v) is 12.9. The summed E-state index contributed by atoms with van der Waals surface area (Å²) in [6, 6.07) is 10.7. The van der Waals surface area contributed by atoms with Crippen molar-refractivity contribution >= 4 is 5.91 Å². The van der Waals surface area contributed by atoms with E-state index in [0.717, 1.165) is 45.7 Å². The van der Waals surface area contributed by atoms with Crippen LogP contribution in [0, 0.1) is 0 Å². The number of hydrogen-bond acceptors (Lipinski definition) is 3. The molecule has 2 fully saturated rings. The van der Waals surface area contributed by atoms with Gasteiger partial charge in [0.15, 0.2) is 0 Å². The van der Waals surface area contributed by atoms with E-state index >= 15 is 0 Å². The van der Waals surface area contributed by atoms with Crippen molar-refractivity contribution in [2.24, 2.45) is 0 Å². The number of piperazine rings is 1. The van der Waals surface area contributed by atoms with E-state index in [1.807, 2.05) is 18.2 Å². The minimum atomic E-state index is 0.318. The molecule has 0 radical (unpaired) electrons. The van der Waals surface area contributed by atoms with Crippen molar-refractivity contribution in [2.45, 2.75) is 25.4 Å². The molecule has 0 saturated carbocycles. The summed E-state index contributed by atoms with van der Waals surface area (Å²) in [5.41, 5.74) is 1.23. The standard InChI is InChI=1S/C17H25N3O/c1-18-9-11-19(12-10-18)14-16-7-8-17(21)20(16)13-15-5-3-2-4-6-15/h2-6,16H,7-14H2,1H3. The Bertz CT molecular complexity index is 468. The van der Waals surface area contributed by atoms with Crippen molar-refractivity contribution in [3.63, 3.8) is 0 Å². The molecule has 1 atom stereocenters. The lowest BCUT2D eigenvalue weighted by atomic mass is 10.1. The van der Waals surface area contributed by atoms with Gasteiger partial charge < -0.3 is 9.80 Å². The number of carbonyl (C=O) groups is 1. The van der Waals surface area contributed by atoms with Gasteiger partial charge in [0.05, 0.1) is 0 Å². The lowest BCUT2D eigenvalue weighted by molar-refractivity contribution is -0.129. The van der Waals surface area contributed by atoms with E-state index in [-0.39, 0.29) is 0 Å². The average molecular weight is 287 g/mol. The molecule has 2 saturated heterocycles. The van der Waals surface area contributed by atoms with Crippen LogP contribution in [0.5, 0.6) is 0 Å². The summed E-state index contributed by atoms with van der Waals surface area (Å²) in [5, 5.41) is 0. The third kappa shape index (κ3) is 3.63. The minimum absolute atomic E-state index is 0.318. The highest BCUT2D eigenvalue weighted by molar-refractivity contribution is 5.78. The van der Waals surface area contributed by atoms with Crippen LogP contribution in [0.3, 0.4) is 0 Å². The van der Waals surface area contributed by atoms with Crippen molar-refractivity contribution in [2.75, 3.05) is 39.8 Å². The fourth-order valence-corrected chi connectivity index (χ4v) is 3.31. The van der Waals surface area contributed by atoms with E-state index in [1.54, 1.807) is 0 Å². The SMILES string of the molecule is CN1CCN(CC2CCC(=O)N2Cc2ccccc2)CC1. The summed E-state index contributed by atoms with van der Waals surface area (Å²) in [6.07, 6.45) is 1.73. The first-order valence-electron chi connectivity index (χ1n) is 7.96. The summed E-state index contributed by atoms with van der Waals surface area (Å²) in [4.78, 5) is 19.2.